The van der Waals surface area contributed by atoms with Crippen molar-refractivity contribution in [3.8, 4) is 11.5 Å². The first-order valence-electron chi connectivity index (χ1n) is 6.73. The molecule has 0 unspecified atom stereocenters. The summed E-state index contributed by atoms with van der Waals surface area (Å²) in [5.74, 6) is 0.312. The number of carbonyl (C=O) groups is 1. The molecule has 20 heavy (non-hydrogen) atoms. The first-order chi connectivity index (χ1) is 9.53. The van der Waals surface area contributed by atoms with E-state index in [-0.39, 0.29) is 28.4 Å². The number of phenolic OH excluding ortho intramolecular Hbond substituents is 1. The van der Waals surface area contributed by atoms with Gasteiger partial charge in [0.2, 0.25) is 0 Å². The molecule has 0 aliphatic rings. The summed E-state index contributed by atoms with van der Waals surface area (Å²) >= 11 is 6.01. The van der Waals surface area contributed by atoms with E-state index in [0.29, 0.717) is 12.4 Å². The second-order valence-corrected chi connectivity index (χ2v) is 5.15. The highest BCUT2D eigenvalue weighted by atomic mass is 35.5. The minimum Gasteiger partial charge on any atom is -0.504 e. The van der Waals surface area contributed by atoms with Crippen molar-refractivity contribution in [1.29, 1.82) is 0 Å². The standard InChI is InChI=1S/C15H22ClNO3/c1-4-15(5-2,9-16)10-17-14(19)11-7-6-8-12(20-3)13(11)18/h6-8,18H,4-5,9-10H2,1-3H3,(H,17,19). The molecule has 2 N–H and O–H groups in total. The number of phenols is 1. The zero-order valence-electron chi connectivity index (χ0n) is 12.2. The molecule has 0 radical (unpaired) electrons. The third-order valence-electron chi connectivity index (χ3n) is 3.87. The zero-order valence-corrected chi connectivity index (χ0v) is 13.0. The van der Waals surface area contributed by atoms with Gasteiger partial charge in [-0.25, -0.2) is 0 Å². The van der Waals surface area contributed by atoms with E-state index in [1.54, 1.807) is 18.2 Å². The number of methoxy groups -OCH3 is 1. The fourth-order valence-corrected chi connectivity index (χ4v) is 2.44. The number of ether oxygens (including phenoxy) is 1. The van der Waals surface area contributed by atoms with E-state index >= 15 is 0 Å². The smallest absolute Gasteiger partial charge is 0.255 e. The van der Waals surface area contributed by atoms with Crippen LogP contribution in [0.5, 0.6) is 11.5 Å². The second-order valence-electron chi connectivity index (χ2n) is 4.88. The molecule has 1 amide bonds. The van der Waals surface area contributed by atoms with Crippen LogP contribution in [0.3, 0.4) is 0 Å². The topological polar surface area (TPSA) is 58.6 Å². The Kier molecular flexibility index (Phi) is 6.14. The Hall–Kier alpha value is -1.42. The zero-order chi connectivity index (χ0) is 15.2. The molecule has 1 aromatic carbocycles. The highest BCUT2D eigenvalue weighted by Crippen LogP contribution is 2.30. The maximum Gasteiger partial charge on any atom is 0.255 e. The quantitative estimate of drug-likeness (QED) is 0.760. The van der Waals surface area contributed by atoms with Crippen molar-refractivity contribution in [2.45, 2.75) is 26.7 Å². The molecule has 112 valence electrons. The molecule has 0 saturated carbocycles. The van der Waals surface area contributed by atoms with Crippen LogP contribution in [-0.4, -0.2) is 30.5 Å². The summed E-state index contributed by atoms with van der Waals surface area (Å²) in [7, 11) is 1.45. The van der Waals surface area contributed by atoms with Crippen LogP contribution in [0.2, 0.25) is 0 Å². The second kappa shape index (κ2) is 7.39. The Morgan fingerprint density at radius 1 is 1.40 bits per heavy atom. The lowest BCUT2D eigenvalue weighted by Gasteiger charge is -2.29. The number of para-hydroxylation sites is 1. The average molecular weight is 300 g/mol. The first kappa shape index (κ1) is 16.6. The van der Waals surface area contributed by atoms with Crippen LogP contribution in [0.1, 0.15) is 37.0 Å². The Balaban J connectivity index is 2.82. The Morgan fingerprint density at radius 3 is 2.55 bits per heavy atom. The van der Waals surface area contributed by atoms with Crippen molar-refractivity contribution in [3.63, 3.8) is 0 Å². The van der Waals surface area contributed by atoms with Crippen LogP contribution >= 0.6 is 11.6 Å². The summed E-state index contributed by atoms with van der Waals surface area (Å²) in [5, 5.41) is 12.8. The largest absolute Gasteiger partial charge is 0.504 e. The summed E-state index contributed by atoms with van der Waals surface area (Å²) in [5.41, 5.74) is 0.103. The third-order valence-corrected chi connectivity index (χ3v) is 4.44. The van der Waals surface area contributed by atoms with Gasteiger partial charge in [-0.15, -0.1) is 11.6 Å². The number of alkyl halides is 1. The molecular formula is C15H22ClNO3. The number of nitrogens with one attached hydrogen (secondary N) is 1. The summed E-state index contributed by atoms with van der Waals surface area (Å²) < 4.78 is 4.99. The van der Waals surface area contributed by atoms with Crippen molar-refractivity contribution in [2.24, 2.45) is 5.41 Å². The third kappa shape index (κ3) is 3.57. The molecule has 1 rings (SSSR count). The van der Waals surface area contributed by atoms with Gasteiger partial charge in [0, 0.05) is 17.8 Å². The normalized spacial score (nSPS) is 11.2. The van der Waals surface area contributed by atoms with Gasteiger partial charge in [0.05, 0.1) is 12.7 Å². The van der Waals surface area contributed by atoms with E-state index in [9.17, 15) is 9.90 Å². The van der Waals surface area contributed by atoms with Gasteiger partial charge in [-0.1, -0.05) is 19.9 Å². The van der Waals surface area contributed by atoms with Gasteiger partial charge in [0.25, 0.3) is 5.91 Å². The minimum absolute atomic E-state index is 0.105. The average Bonchev–Trinajstić information content (AvgIpc) is 2.49. The van der Waals surface area contributed by atoms with Gasteiger partial charge in [-0.05, 0) is 25.0 Å². The molecule has 1 aromatic rings. The Labute approximate surface area is 125 Å². The van der Waals surface area contributed by atoms with Gasteiger partial charge in [-0.2, -0.15) is 0 Å². The number of benzene rings is 1. The number of rotatable bonds is 7. The minimum atomic E-state index is -0.321. The molecule has 0 saturated heterocycles. The molecule has 0 fully saturated rings. The van der Waals surface area contributed by atoms with Crippen molar-refractivity contribution < 1.29 is 14.6 Å². The summed E-state index contributed by atoms with van der Waals surface area (Å²) in [6.45, 7) is 4.60. The van der Waals surface area contributed by atoms with Crippen molar-refractivity contribution in [3.05, 3.63) is 23.8 Å². The molecule has 0 heterocycles. The number of halogens is 1. The number of aromatic hydroxyl groups is 1. The number of amides is 1. The van der Waals surface area contributed by atoms with Crippen LogP contribution in [0.15, 0.2) is 18.2 Å². The fourth-order valence-electron chi connectivity index (χ4n) is 1.97. The molecule has 0 aliphatic carbocycles. The lowest BCUT2D eigenvalue weighted by Crippen LogP contribution is -2.38. The molecular weight excluding hydrogens is 278 g/mol. The van der Waals surface area contributed by atoms with E-state index in [1.807, 2.05) is 0 Å². The van der Waals surface area contributed by atoms with Crippen LogP contribution in [-0.2, 0) is 0 Å². The molecule has 0 bridgehead atoms. The SMILES string of the molecule is CCC(CC)(CCl)CNC(=O)c1cccc(OC)c1O. The highest BCUT2D eigenvalue weighted by molar-refractivity contribution is 6.18. The van der Waals surface area contributed by atoms with Crippen LogP contribution < -0.4 is 10.1 Å². The first-order valence-corrected chi connectivity index (χ1v) is 7.27. The van der Waals surface area contributed by atoms with Crippen molar-refractivity contribution in [2.75, 3.05) is 19.5 Å². The van der Waals surface area contributed by atoms with Crippen LogP contribution in [0.25, 0.3) is 0 Å². The highest BCUT2D eigenvalue weighted by Gasteiger charge is 2.26. The summed E-state index contributed by atoms with van der Waals surface area (Å²) in [6, 6.07) is 4.84. The lowest BCUT2D eigenvalue weighted by atomic mass is 9.84. The van der Waals surface area contributed by atoms with Crippen molar-refractivity contribution >= 4 is 17.5 Å². The molecule has 0 aliphatic heterocycles. The van der Waals surface area contributed by atoms with E-state index in [1.165, 1.54) is 7.11 Å². The van der Waals surface area contributed by atoms with Crippen LogP contribution in [0.4, 0.5) is 0 Å². The number of carbonyl (C=O) groups excluding carboxylic acids is 1. The number of hydrogen-bond donors (Lipinski definition) is 2. The molecule has 0 atom stereocenters. The lowest BCUT2D eigenvalue weighted by molar-refractivity contribution is 0.0928. The van der Waals surface area contributed by atoms with Gasteiger partial charge >= 0.3 is 0 Å². The summed E-state index contributed by atoms with van der Waals surface area (Å²) in [6.07, 6.45) is 1.77. The van der Waals surface area contributed by atoms with E-state index in [2.05, 4.69) is 19.2 Å². The Bertz CT molecular complexity index is 450. The maximum atomic E-state index is 12.2. The fraction of sp³-hybridized carbons (Fsp3) is 0.533. The predicted octanol–water partition coefficient (Wildman–Crippen LogP) is 3.18. The van der Waals surface area contributed by atoms with E-state index in [4.69, 9.17) is 16.3 Å². The molecule has 5 heteroatoms. The van der Waals surface area contributed by atoms with Gasteiger partial charge in [0.15, 0.2) is 11.5 Å². The van der Waals surface area contributed by atoms with Gasteiger partial charge in [0.1, 0.15) is 0 Å². The monoisotopic (exact) mass is 299 g/mol. The predicted molar refractivity (Wildman–Crippen MR) is 80.7 cm³/mol. The van der Waals surface area contributed by atoms with Crippen LogP contribution in [0, 0.1) is 5.41 Å². The Morgan fingerprint density at radius 2 is 2.05 bits per heavy atom. The molecule has 4 nitrogen and oxygen atoms in total. The maximum absolute atomic E-state index is 12.2. The number of hydrogen-bond acceptors (Lipinski definition) is 3. The van der Waals surface area contributed by atoms with E-state index < -0.39 is 0 Å². The summed E-state index contributed by atoms with van der Waals surface area (Å²) in [4.78, 5) is 12.2. The van der Waals surface area contributed by atoms with Gasteiger partial charge < -0.3 is 15.2 Å². The molecule has 0 spiro atoms. The molecule has 0 aromatic heterocycles. The van der Waals surface area contributed by atoms with E-state index in [0.717, 1.165) is 12.8 Å². The van der Waals surface area contributed by atoms with Gasteiger partial charge in [-0.3, -0.25) is 4.79 Å². The van der Waals surface area contributed by atoms with Crippen molar-refractivity contribution in [1.82, 2.24) is 5.32 Å².